The molecule has 1 heterocycles. The number of fused-ring (bicyclic) bond motifs is 1. The molecule has 0 aromatic heterocycles. The van der Waals surface area contributed by atoms with Crippen LogP contribution in [0.25, 0.3) is 21.9 Å². The van der Waals surface area contributed by atoms with Gasteiger partial charge in [-0.2, -0.15) is 0 Å². The summed E-state index contributed by atoms with van der Waals surface area (Å²) in [5.41, 5.74) is 8.38. The minimum absolute atomic E-state index is 0.110. The van der Waals surface area contributed by atoms with Gasteiger partial charge in [0.2, 0.25) is 5.91 Å². The number of hydrogen-bond donors (Lipinski definition) is 1. The molecule has 1 fully saturated rings. The third-order valence-electron chi connectivity index (χ3n) is 4.86. The third kappa shape index (κ3) is 3.29. The highest BCUT2D eigenvalue weighted by molar-refractivity contribution is 6.10. The van der Waals surface area contributed by atoms with Crippen LogP contribution in [0.5, 0.6) is 0 Å². The molecule has 4 rings (SSSR count). The van der Waals surface area contributed by atoms with Gasteiger partial charge in [-0.1, -0.05) is 42.5 Å². The van der Waals surface area contributed by atoms with Gasteiger partial charge in [0.1, 0.15) is 0 Å². The molecule has 5 nitrogen and oxygen atoms in total. The summed E-state index contributed by atoms with van der Waals surface area (Å²) in [6.45, 7) is 1.19. The summed E-state index contributed by atoms with van der Waals surface area (Å²) in [6.07, 6.45) is 1.93. The summed E-state index contributed by atoms with van der Waals surface area (Å²) in [7, 11) is 0. The Bertz CT molecular complexity index is 1010. The van der Waals surface area contributed by atoms with Crippen LogP contribution < -0.4 is 5.73 Å². The first-order valence-corrected chi connectivity index (χ1v) is 9.02. The maximum Gasteiger partial charge on any atom is 0.278 e. The van der Waals surface area contributed by atoms with Crippen LogP contribution in [0.1, 0.15) is 33.6 Å². The topological polar surface area (TPSA) is 72.6 Å². The lowest BCUT2D eigenvalue weighted by Gasteiger charge is -2.26. The summed E-state index contributed by atoms with van der Waals surface area (Å²) in [6, 6.07) is 18.8. The van der Waals surface area contributed by atoms with Gasteiger partial charge in [-0.15, -0.1) is 0 Å². The molecule has 0 saturated carbocycles. The molecule has 0 bridgehead atoms. The van der Waals surface area contributed by atoms with Crippen LogP contribution in [0, 0.1) is 0 Å². The molecule has 3 aromatic rings. The summed E-state index contributed by atoms with van der Waals surface area (Å²) >= 11 is 0. The van der Waals surface area contributed by atoms with Gasteiger partial charge >= 0.3 is 0 Å². The van der Waals surface area contributed by atoms with Crippen LogP contribution in [0.15, 0.2) is 60.7 Å². The van der Waals surface area contributed by atoms with E-state index < -0.39 is 5.91 Å². The van der Waals surface area contributed by atoms with Gasteiger partial charge in [-0.3, -0.25) is 14.4 Å². The van der Waals surface area contributed by atoms with E-state index in [9.17, 15) is 9.59 Å². The van der Waals surface area contributed by atoms with Gasteiger partial charge in [-0.05, 0) is 52.9 Å². The predicted molar refractivity (Wildman–Crippen MR) is 104 cm³/mol. The Kier molecular flexibility index (Phi) is 4.60. The first kappa shape index (κ1) is 17.2. The van der Waals surface area contributed by atoms with Crippen molar-refractivity contribution in [3.05, 3.63) is 71.8 Å². The molecule has 5 heteroatoms. The fraction of sp³-hybridized carbons (Fsp3) is 0.182. The number of nitrogens with zero attached hydrogens (tertiary/aromatic N) is 1. The van der Waals surface area contributed by atoms with Gasteiger partial charge in [0.15, 0.2) is 0 Å². The van der Waals surface area contributed by atoms with Crippen molar-refractivity contribution in [3.63, 3.8) is 0 Å². The molecule has 0 radical (unpaired) electrons. The van der Waals surface area contributed by atoms with E-state index in [-0.39, 0.29) is 5.91 Å². The molecule has 1 saturated heterocycles. The maximum atomic E-state index is 12.9. The Hall–Kier alpha value is -3.18. The van der Waals surface area contributed by atoms with Crippen molar-refractivity contribution in [2.45, 2.75) is 12.8 Å². The van der Waals surface area contributed by atoms with Crippen LogP contribution in [-0.4, -0.2) is 30.0 Å². The SMILES string of the molecule is NC(=O)c1ccc(-c2ccc(C(=O)N3CCCCO3)c3ccccc23)cc1. The Labute approximate surface area is 157 Å². The highest BCUT2D eigenvalue weighted by Gasteiger charge is 2.22. The summed E-state index contributed by atoms with van der Waals surface area (Å²) in [4.78, 5) is 29.8. The van der Waals surface area contributed by atoms with Crippen molar-refractivity contribution in [1.82, 2.24) is 5.06 Å². The van der Waals surface area contributed by atoms with E-state index in [2.05, 4.69) is 0 Å². The predicted octanol–water partition coefficient (Wildman–Crippen LogP) is 3.77. The molecule has 1 aliphatic rings. The first-order valence-electron chi connectivity index (χ1n) is 9.02. The lowest BCUT2D eigenvalue weighted by atomic mass is 9.94. The highest BCUT2D eigenvalue weighted by atomic mass is 16.7. The van der Waals surface area contributed by atoms with E-state index in [4.69, 9.17) is 10.6 Å². The zero-order valence-corrected chi connectivity index (χ0v) is 14.9. The fourth-order valence-electron chi connectivity index (χ4n) is 3.44. The van der Waals surface area contributed by atoms with Crippen LogP contribution >= 0.6 is 0 Å². The number of carbonyl (C=O) groups is 2. The van der Waals surface area contributed by atoms with Gasteiger partial charge < -0.3 is 5.73 Å². The van der Waals surface area contributed by atoms with E-state index in [0.717, 1.165) is 34.7 Å². The first-order chi connectivity index (χ1) is 13.1. The lowest BCUT2D eigenvalue weighted by Crippen LogP contribution is -2.35. The minimum atomic E-state index is -0.450. The Morgan fingerprint density at radius 1 is 0.889 bits per heavy atom. The number of nitrogens with two attached hydrogens (primary N) is 1. The molecular weight excluding hydrogens is 340 g/mol. The van der Waals surface area contributed by atoms with Crippen molar-refractivity contribution in [2.75, 3.05) is 13.2 Å². The highest BCUT2D eigenvalue weighted by Crippen LogP contribution is 2.32. The van der Waals surface area contributed by atoms with E-state index in [0.29, 0.717) is 24.3 Å². The molecule has 0 spiro atoms. The second-order valence-electron chi connectivity index (χ2n) is 6.60. The van der Waals surface area contributed by atoms with E-state index in [1.807, 2.05) is 48.5 Å². The van der Waals surface area contributed by atoms with Gasteiger partial charge in [0.25, 0.3) is 5.91 Å². The van der Waals surface area contributed by atoms with Crippen molar-refractivity contribution in [2.24, 2.45) is 5.73 Å². The zero-order chi connectivity index (χ0) is 18.8. The van der Waals surface area contributed by atoms with Gasteiger partial charge in [0, 0.05) is 17.7 Å². The number of benzene rings is 3. The molecule has 0 atom stereocenters. The van der Waals surface area contributed by atoms with Crippen molar-refractivity contribution >= 4 is 22.6 Å². The molecule has 1 aliphatic heterocycles. The lowest BCUT2D eigenvalue weighted by molar-refractivity contribution is -0.144. The quantitative estimate of drug-likeness (QED) is 0.773. The Morgan fingerprint density at radius 2 is 1.63 bits per heavy atom. The van der Waals surface area contributed by atoms with Crippen LogP contribution in [0.2, 0.25) is 0 Å². The minimum Gasteiger partial charge on any atom is -0.366 e. The average molecular weight is 360 g/mol. The summed E-state index contributed by atoms with van der Waals surface area (Å²) in [5.74, 6) is -0.560. The van der Waals surface area contributed by atoms with Gasteiger partial charge in [0.05, 0.1) is 6.61 Å². The maximum absolute atomic E-state index is 12.9. The molecule has 136 valence electrons. The molecule has 0 unspecified atom stereocenters. The molecule has 0 aliphatic carbocycles. The monoisotopic (exact) mass is 360 g/mol. The third-order valence-corrected chi connectivity index (χ3v) is 4.86. The van der Waals surface area contributed by atoms with Crippen LogP contribution in [0.3, 0.4) is 0 Å². The average Bonchev–Trinajstić information content (AvgIpc) is 2.73. The Balaban J connectivity index is 1.78. The number of primary amides is 1. The molecule has 3 aromatic carbocycles. The number of amides is 2. The number of hydrogen-bond acceptors (Lipinski definition) is 3. The number of carbonyl (C=O) groups excluding carboxylic acids is 2. The number of hydroxylamine groups is 2. The van der Waals surface area contributed by atoms with Crippen molar-refractivity contribution in [1.29, 1.82) is 0 Å². The normalized spacial score (nSPS) is 14.3. The zero-order valence-electron chi connectivity index (χ0n) is 14.9. The summed E-state index contributed by atoms with van der Waals surface area (Å²) in [5, 5.41) is 3.33. The van der Waals surface area contributed by atoms with Crippen LogP contribution in [-0.2, 0) is 4.84 Å². The molecular formula is C22H20N2O3. The molecule has 2 amide bonds. The molecule has 27 heavy (non-hydrogen) atoms. The van der Waals surface area contributed by atoms with Crippen molar-refractivity contribution < 1.29 is 14.4 Å². The number of rotatable bonds is 3. The summed E-state index contributed by atoms with van der Waals surface area (Å²) < 4.78 is 0. The van der Waals surface area contributed by atoms with E-state index in [1.54, 1.807) is 12.1 Å². The largest absolute Gasteiger partial charge is 0.366 e. The standard InChI is InChI=1S/C22H20N2O3/c23-21(25)16-9-7-15(8-10-16)17-11-12-20(19-6-2-1-5-18(17)19)22(26)24-13-3-4-14-27-24/h1-2,5-12H,3-4,13-14H2,(H2,23,25). The van der Waals surface area contributed by atoms with E-state index >= 15 is 0 Å². The second-order valence-corrected chi connectivity index (χ2v) is 6.60. The molecule has 2 N–H and O–H groups in total. The second kappa shape index (κ2) is 7.21. The van der Waals surface area contributed by atoms with Crippen molar-refractivity contribution in [3.8, 4) is 11.1 Å². The van der Waals surface area contributed by atoms with E-state index in [1.165, 1.54) is 5.06 Å². The fourth-order valence-corrected chi connectivity index (χ4v) is 3.44. The van der Waals surface area contributed by atoms with Gasteiger partial charge in [-0.25, -0.2) is 5.06 Å². The smallest absolute Gasteiger partial charge is 0.278 e. The Morgan fingerprint density at radius 3 is 2.30 bits per heavy atom. The van der Waals surface area contributed by atoms with Crippen LogP contribution in [0.4, 0.5) is 0 Å².